The van der Waals surface area contributed by atoms with Gasteiger partial charge in [-0.15, -0.1) is 0 Å². The Morgan fingerprint density at radius 2 is 1.80 bits per heavy atom. The molecule has 2 unspecified atom stereocenters. The first-order chi connectivity index (χ1) is 21.4. The van der Waals surface area contributed by atoms with Crippen molar-refractivity contribution < 1.29 is 14.0 Å². The quantitative estimate of drug-likeness (QED) is 0.288. The molecule has 4 heterocycles. The fourth-order valence-electron chi connectivity index (χ4n) is 6.94. The molecule has 9 heteroatoms. The molecule has 2 N–H and O–H groups in total. The van der Waals surface area contributed by atoms with Gasteiger partial charge in [0.1, 0.15) is 11.6 Å². The van der Waals surface area contributed by atoms with E-state index in [2.05, 4.69) is 30.0 Å². The van der Waals surface area contributed by atoms with Crippen LogP contribution < -0.4 is 10.6 Å². The number of hydrogen-bond acceptors (Lipinski definition) is 4. The first kappa shape index (κ1) is 28.3. The highest BCUT2D eigenvalue weighted by atomic mass is 28.2. The lowest BCUT2D eigenvalue weighted by molar-refractivity contribution is -0.137. The van der Waals surface area contributed by atoms with Gasteiger partial charge < -0.3 is 20.1 Å². The number of anilines is 1. The third-order valence-corrected chi connectivity index (χ3v) is 10.4. The highest BCUT2D eigenvalue weighted by molar-refractivity contribution is 6.74. The van der Waals surface area contributed by atoms with Crippen molar-refractivity contribution in [3.05, 3.63) is 113 Å². The van der Waals surface area contributed by atoms with Gasteiger partial charge in [0, 0.05) is 49.2 Å². The Balaban J connectivity index is 1.18. The molecule has 2 amide bonds. The number of imidazole rings is 1. The van der Waals surface area contributed by atoms with Crippen LogP contribution in [0, 0.1) is 11.7 Å². The highest BCUT2D eigenvalue weighted by Crippen LogP contribution is 2.37. The molecule has 3 aromatic carbocycles. The molecule has 7 nitrogen and oxygen atoms in total. The molecule has 3 aliphatic heterocycles. The molecule has 0 aliphatic carbocycles. The van der Waals surface area contributed by atoms with Crippen molar-refractivity contribution in [1.29, 1.82) is 0 Å². The molecule has 0 bridgehead atoms. The minimum absolute atomic E-state index is 0.00414. The minimum atomic E-state index is -0.371. The number of nitrogens with zero attached hydrogens (tertiary/aromatic N) is 4. The maximum Gasteiger partial charge on any atom is 0.231 e. The van der Waals surface area contributed by atoms with Crippen molar-refractivity contribution in [2.45, 2.75) is 37.9 Å². The topological polar surface area (TPSA) is 84.5 Å². The van der Waals surface area contributed by atoms with Crippen LogP contribution in [-0.4, -0.2) is 55.0 Å². The first-order valence-corrected chi connectivity index (χ1v) is 16.3. The molecular weight excluding hydrogens is 570 g/mol. The van der Waals surface area contributed by atoms with Gasteiger partial charge in [-0.2, -0.15) is 0 Å². The molecule has 1 fully saturated rings. The van der Waals surface area contributed by atoms with Gasteiger partial charge in [-0.3, -0.25) is 9.59 Å². The van der Waals surface area contributed by atoms with E-state index in [1.54, 1.807) is 12.1 Å². The number of aromatic nitrogens is 2. The zero-order valence-corrected chi connectivity index (χ0v) is 25.6. The summed E-state index contributed by atoms with van der Waals surface area (Å²) in [4.78, 5) is 34.5. The summed E-state index contributed by atoms with van der Waals surface area (Å²) in [6, 6.07) is 23.6. The maximum absolute atomic E-state index is 15.7. The standard InChI is InChI=1S/C35H34FN5O2Si/c1-22-28-10-6-5-9-24(28)13-16-41(22)34(42)25-17-30(23-7-3-2-4-8-23)33-38-32(21-40(33)19-25)29-12-11-26(18-31(29)36)39-15-14-27(20-39)44-35(37)43/h2-12,17-18,21-22,25,27H,13-16,19-20H2,1H3,(H2,37,43)/t22-,25?,27?/m1/s1. The van der Waals surface area contributed by atoms with E-state index >= 15 is 4.39 Å². The Labute approximate surface area is 259 Å². The fourth-order valence-corrected chi connectivity index (χ4v) is 7.93. The van der Waals surface area contributed by atoms with Gasteiger partial charge in [0.05, 0.1) is 17.7 Å². The number of carbonyl (C=O) groups excluding carboxylic acids is 2. The zero-order chi connectivity index (χ0) is 30.4. The molecule has 1 saturated heterocycles. The Bertz CT molecular complexity index is 1770. The number of hydrogen-bond donors (Lipinski definition) is 1. The average molecular weight is 604 g/mol. The third-order valence-electron chi connectivity index (χ3n) is 9.19. The summed E-state index contributed by atoms with van der Waals surface area (Å²) in [7, 11) is 0.0840. The van der Waals surface area contributed by atoms with Crippen molar-refractivity contribution in [3.63, 3.8) is 0 Å². The fraction of sp³-hybridized carbons (Fsp3) is 0.286. The predicted octanol–water partition coefficient (Wildman–Crippen LogP) is 5.68. The van der Waals surface area contributed by atoms with Gasteiger partial charge in [0.25, 0.3) is 0 Å². The molecule has 0 saturated carbocycles. The number of nitrogens with two attached hydrogens (primary N) is 1. The summed E-state index contributed by atoms with van der Waals surface area (Å²) in [5, 5.41) is 0. The van der Waals surface area contributed by atoms with Crippen molar-refractivity contribution in [2.24, 2.45) is 11.7 Å². The van der Waals surface area contributed by atoms with E-state index in [0.717, 1.165) is 42.0 Å². The first-order valence-electron chi connectivity index (χ1n) is 15.2. The Hall–Kier alpha value is -4.50. The molecule has 7 rings (SSSR count). The molecule has 1 aromatic heterocycles. The number of benzene rings is 3. The smallest absolute Gasteiger partial charge is 0.231 e. The summed E-state index contributed by atoms with van der Waals surface area (Å²) >= 11 is 0. The van der Waals surface area contributed by atoms with Crippen LogP contribution in [0.25, 0.3) is 16.8 Å². The van der Waals surface area contributed by atoms with Gasteiger partial charge in [-0.05, 0) is 60.2 Å². The van der Waals surface area contributed by atoms with Crippen molar-refractivity contribution in [1.82, 2.24) is 14.5 Å². The maximum atomic E-state index is 15.7. The van der Waals surface area contributed by atoms with Crippen LogP contribution in [0.2, 0.25) is 5.54 Å². The normalized spacial score (nSPS) is 21.0. The average Bonchev–Trinajstić information content (AvgIpc) is 3.68. The SMILES string of the molecule is C[C@@H]1c2ccccc2CCN1C(=O)C1C=C(c2ccccc2)c2nc(-c3ccc(N4CCC([Si]C(N)=O)C4)cc3F)cn2C1. The van der Waals surface area contributed by atoms with Gasteiger partial charge in [0.2, 0.25) is 5.91 Å². The number of carbonyl (C=O) groups is 2. The van der Waals surface area contributed by atoms with Crippen LogP contribution in [-0.2, 0) is 17.8 Å². The number of amides is 2. The van der Waals surface area contributed by atoms with Crippen LogP contribution in [0.3, 0.4) is 0 Å². The molecule has 3 atom stereocenters. The van der Waals surface area contributed by atoms with E-state index < -0.39 is 0 Å². The summed E-state index contributed by atoms with van der Waals surface area (Å²) in [5.41, 5.74) is 11.4. The van der Waals surface area contributed by atoms with Crippen LogP contribution in [0.5, 0.6) is 0 Å². The van der Waals surface area contributed by atoms with Gasteiger partial charge in [0.15, 0.2) is 15.1 Å². The lowest BCUT2D eigenvalue weighted by Gasteiger charge is -2.37. The molecule has 4 aromatic rings. The Morgan fingerprint density at radius 3 is 2.59 bits per heavy atom. The largest absolute Gasteiger partial charge is 0.375 e. The summed E-state index contributed by atoms with van der Waals surface area (Å²) in [6.07, 6.45) is 5.63. The van der Waals surface area contributed by atoms with Crippen molar-refractivity contribution in [2.75, 3.05) is 24.5 Å². The Kier molecular flexibility index (Phi) is 7.41. The van der Waals surface area contributed by atoms with Gasteiger partial charge in [-0.25, -0.2) is 9.37 Å². The number of primary amides is 1. The molecular formula is C35H34FN5O2Si. The second kappa shape index (κ2) is 11.5. The van der Waals surface area contributed by atoms with E-state index in [1.165, 1.54) is 11.1 Å². The second-order valence-corrected chi connectivity index (χ2v) is 13.5. The molecule has 222 valence electrons. The van der Waals surface area contributed by atoms with E-state index in [-0.39, 0.29) is 44.3 Å². The summed E-state index contributed by atoms with van der Waals surface area (Å²) < 4.78 is 17.7. The third kappa shape index (κ3) is 5.25. The van der Waals surface area contributed by atoms with Crippen LogP contribution in [0.1, 0.15) is 41.9 Å². The van der Waals surface area contributed by atoms with E-state index in [9.17, 15) is 9.59 Å². The predicted molar refractivity (Wildman–Crippen MR) is 171 cm³/mol. The van der Waals surface area contributed by atoms with Crippen molar-refractivity contribution in [3.8, 4) is 11.3 Å². The molecule has 0 spiro atoms. The van der Waals surface area contributed by atoms with Crippen LogP contribution in [0.15, 0.2) is 85.1 Å². The lowest BCUT2D eigenvalue weighted by atomic mass is 9.90. The van der Waals surface area contributed by atoms with E-state index in [4.69, 9.17) is 10.7 Å². The molecule has 3 aliphatic rings. The minimum Gasteiger partial charge on any atom is -0.375 e. The van der Waals surface area contributed by atoms with Crippen LogP contribution in [0.4, 0.5) is 14.9 Å². The second-order valence-electron chi connectivity index (χ2n) is 11.9. The van der Waals surface area contributed by atoms with E-state index in [1.807, 2.05) is 64.2 Å². The monoisotopic (exact) mass is 603 g/mol. The Morgan fingerprint density at radius 1 is 1.00 bits per heavy atom. The zero-order valence-electron chi connectivity index (χ0n) is 24.6. The number of halogens is 1. The van der Waals surface area contributed by atoms with Crippen LogP contribution >= 0.6 is 0 Å². The van der Waals surface area contributed by atoms with Gasteiger partial charge in [-0.1, -0.05) is 60.7 Å². The molecule has 2 radical (unpaired) electrons. The highest BCUT2D eigenvalue weighted by Gasteiger charge is 2.35. The van der Waals surface area contributed by atoms with Crippen molar-refractivity contribution >= 4 is 32.2 Å². The molecule has 44 heavy (non-hydrogen) atoms. The van der Waals surface area contributed by atoms with E-state index in [0.29, 0.717) is 30.9 Å². The number of fused-ring (bicyclic) bond motifs is 2. The van der Waals surface area contributed by atoms with Gasteiger partial charge >= 0.3 is 0 Å². The lowest BCUT2D eigenvalue weighted by Crippen LogP contribution is -2.43. The summed E-state index contributed by atoms with van der Waals surface area (Å²) in [6.45, 7) is 4.69. The summed E-state index contributed by atoms with van der Waals surface area (Å²) in [5.74, 6) is 0.102. The number of rotatable bonds is 6.